The number of halogens is 3. The molecule has 0 radical (unpaired) electrons. The van der Waals surface area contributed by atoms with Gasteiger partial charge in [0.05, 0.1) is 6.34 Å². The first-order valence-corrected chi connectivity index (χ1v) is 2.77. The number of hydrogen-bond acceptors (Lipinski definition) is 3. The Hall–Kier alpha value is -1.04. The van der Waals surface area contributed by atoms with Crippen molar-refractivity contribution in [1.29, 1.82) is 0 Å². The maximum absolute atomic E-state index is 11.5. The zero-order chi connectivity index (χ0) is 8.32. The zero-order valence-electron chi connectivity index (χ0n) is 5.30. The van der Waals surface area contributed by atoms with Crippen molar-refractivity contribution in [3.63, 3.8) is 0 Å². The van der Waals surface area contributed by atoms with E-state index in [1.807, 2.05) is 0 Å². The summed E-state index contributed by atoms with van der Waals surface area (Å²) in [4.78, 5) is 3.35. The molecule has 11 heavy (non-hydrogen) atoms. The van der Waals surface area contributed by atoms with E-state index in [-0.39, 0.29) is 0 Å². The Bertz CT molecular complexity index is 175. The predicted octanol–water partition coefficient (Wildman–Crippen LogP) is 0.994. The smallest absolute Gasteiger partial charge is 0.353 e. The summed E-state index contributed by atoms with van der Waals surface area (Å²) < 4.78 is 38.0. The fourth-order valence-electron chi connectivity index (χ4n) is 0.554. The second-order valence-electron chi connectivity index (χ2n) is 1.76. The van der Waals surface area contributed by atoms with Crippen LogP contribution >= 0.6 is 0 Å². The molecule has 1 aliphatic rings. The van der Waals surface area contributed by atoms with Crippen LogP contribution in [0.2, 0.25) is 0 Å². The Morgan fingerprint density at radius 3 is 2.64 bits per heavy atom. The van der Waals surface area contributed by atoms with E-state index in [1.165, 1.54) is 6.20 Å². The SMILES string of the molecule is FC(F)(F)OC1C=CNC=N1. The molecule has 1 N–H and O–H groups in total. The average molecular weight is 166 g/mol. The Balaban J connectivity index is 2.43. The van der Waals surface area contributed by atoms with Gasteiger partial charge in [-0.05, 0) is 6.08 Å². The fraction of sp³-hybridized carbons (Fsp3) is 0.400. The predicted molar refractivity (Wildman–Crippen MR) is 31.7 cm³/mol. The van der Waals surface area contributed by atoms with Crippen LogP contribution < -0.4 is 5.32 Å². The second kappa shape index (κ2) is 2.91. The summed E-state index contributed by atoms with van der Waals surface area (Å²) in [6, 6.07) is 0. The van der Waals surface area contributed by atoms with Gasteiger partial charge in [0.1, 0.15) is 0 Å². The molecule has 0 fully saturated rings. The maximum atomic E-state index is 11.5. The van der Waals surface area contributed by atoms with E-state index >= 15 is 0 Å². The van der Waals surface area contributed by atoms with Gasteiger partial charge in [-0.15, -0.1) is 13.2 Å². The van der Waals surface area contributed by atoms with Crippen molar-refractivity contribution in [3.05, 3.63) is 12.3 Å². The summed E-state index contributed by atoms with van der Waals surface area (Å²) in [7, 11) is 0. The zero-order valence-corrected chi connectivity index (χ0v) is 5.30. The van der Waals surface area contributed by atoms with Crippen LogP contribution in [0.3, 0.4) is 0 Å². The van der Waals surface area contributed by atoms with Gasteiger partial charge in [-0.25, -0.2) is 4.99 Å². The standard InChI is InChI=1S/C5H5F3N2O/c6-5(7,8)11-4-1-2-9-3-10-4/h1-4H,(H,9,10). The molecule has 1 rings (SSSR count). The van der Waals surface area contributed by atoms with Crippen LogP contribution in [-0.2, 0) is 4.74 Å². The molecular weight excluding hydrogens is 161 g/mol. The molecule has 3 nitrogen and oxygen atoms in total. The molecular formula is C5H5F3N2O. The largest absolute Gasteiger partial charge is 0.524 e. The molecule has 0 bridgehead atoms. The molecule has 0 aromatic carbocycles. The number of nitrogens with zero attached hydrogens (tertiary/aromatic N) is 1. The number of ether oxygens (including phenoxy) is 1. The maximum Gasteiger partial charge on any atom is 0.524 e. The van der Waals surface area contributed by atoms with Crippen LogP contribution in [0.15, 0.2) is 17.3 Å². The van der Waals surface area contributed by atoms with E-state index in [0.29, 0.717) is 0 Å². The van der Waals surface area contributed by atoms with Crippen LogP contribution in [0.4, 0.5) is 13.2 Å². The van der Waals surface area contributed by atoms with Crippen molar-refractivity contribution in [2.45, 2.75) is 12.6 Å². The molecule has 1 heterocycles. The van der Waals surface area contributed by atoms with E-state index in [4.69, 9.17) is 0 Å². The van der Waals surface area contributed by atoms with Gasteiger partial charge >= 0.3 is 6.36 Å². The topological polar surface area (TPSA) is 33.6 Å². The van der Waals surface area contributed by atoms with Crippen LogP contribution in [0.1, 0.15) is 0 Å². The second-order valence-corrected chi connectivity index (χ2v) is 1.76. The third-order valence-electron chi connectivity index (χ3n) is 0.907. The Morgan fingerprint density at radius 1 is 1.45 bits per heavy atom. The summed E-state index contributed by atoms with van der Waals surface area (Å²) in [6.07, 6.45) is -2.27. The third kappa shape index (κ3) is 3.03. The Labute approximate surface area is 60.6 Å². The molecule has 0 spiro atoms. The van der Waals surface area contributed by atoms with Gasteiger partial charge in [0.2, 0.25) is 0 Å². The Morgan fingerprint density at radius 2 is 2.18 bits per heavy atom. The summed E-state index contributed by atoms with van der Waals surface area (Å²) >= 11 is 0. The lowest BCUT2D eigenvalue weighted by Gasteiger charge is -2.13. The first kappa shape index (κ1) is 8.06. The summed E-state index contributed by atoms with van der Waals surface area (Å²) in [5.74, 6) is 0. The molecule has 0 saturated carbocycles. The number of aliphatic imine (C=N–C) groups is 1. The van der Waals surface area contributed by atoms with E-state index in [2.05, 4.69) is 15.0 Å². The summed E-state index contributed by atoms with van der Waals surface area (Å²) in [6.45, 7) is 0. The highest BCUT2D eigenvalue weighted by Crippen LogP contribution is 2.19. The summed E-state index contributed by atoms with van der Waals surface area (Å²) in [5, 5.41) is 2.48. The fourth-order valence-corrected chi connectivity index (χ4v) is 0.554. The van der Waals surface area contributed by atoms with Crippen molar-refractivity contribution in [3.8, 4) is 0 Å². The van der Waals surface area contributed by atoms with Crippen molar-refractivity contribution >= 4 is 6.34 Å². The van der Waals surface area contributed by atoms with Crippen molar-refractivity contribution in [1.82, 2.24) is 5.32 Å². The van der Waals surface area contributed by atoms with Crippen molar-refractivity contribution in [2.75, 3.05) is 0 Å². The highest BCUT2D eigenvalue weighted by Gasteiger charge is 2.32. The number of nitrogens with one attached hydrogen (secondary N) is 1. The number of alkyl halides is 3. The van der Waals surface area contributed by atoms with E-state index in [0.717, 1.165) is 12.4 Å². The van der Waals surface area contributed by atoms with Gasteiger partial charge in [0, 0.05) is 6.20 Å². The lowest BCUT2D eigenvalue weighted by Crippen LogP contribution is -2.24. The molecule has 0 aromatic heterocycles. The van der Waals surface area contributed by atoms with Gasteiger partial charge in [0.15, 0.2) is 6.23 Å². The van der Waals surface area contributed by atoms with E-state index in [1.54, 1.807) is 0 Å². The van der Waals surface area contributed by atoms with Gasteiger partial charge < -0.3 is 5.32 Å². The first-order chi connectivity index (χ1) is 5.08. The number of hydrogen-bond donors (Lipinski definition) is 1. The minimum Gasteiger partial charge on any atom is -0.353 e. The van der Waals surface area contributed by atoms with Crippen LogP contribution in [-0.4, -0.2) is 18.9 Å². The molecule has 0 aliphatic carbocycles. The molecule has 6 heteroatoms. The highest BCUT2D eigenvalue weighted by atomic mass is 19.4. The van der Waals surface area contributed by atoms with Crippen LogP contribution in [0.25, 0.3) is 0 Å². The lowest BCUT2D eigenvalue weighted by molar-refractivity contribution is -0.335. The molecule has 0 saturated heterocycles. The summed E-state index contributed by atoms with van der Waals surface area (Å²) in [5.41, 5.74) is 0. The van der Waals surface area contributed by atoms with Gasteiger partial charge in [-0.3, -0.25) is 4.74 Å². The third-order valence-corrected chi connectivity index (χ3v) is 0.907. The molecule has 62 valence electrons. The highest BCUT2D eigenvalue weighted by molar-refractivity contribution is 5.57. The molecule has 0 aromatic rings. The average Bonchev–Trinajstić information content (AvgIpc) is 1.85. The molecule has 1 unspecified atom stereocenters. The quantitative estimate of drug-likeness (QED) is 0.630. The normalized spacial score (nSPS) is 23.4. The van der Waals surface area contributed by atoms with Gasteiger partial charge in [-0.2, -0.15) is 0 Å². The minimum absolute atomic E-state index is 1.14. The lowest BCUT2D eigenvalue weighted by atomic mass is 10.5. The monoisotopic (exact) mass is 166 g/mol. The number of rotatable bonds is 1. The first-order valence-electron chi connectivity index (χ1n) is 2.77. The van der Waals surface area contributed by atoms with Crippen LogP contribution in [0, 0.1) is 0 Å². The van der Waals surface area contributed by atoms with Crippen molar-refractivity contribution < 1.29 is 17.9 Å². The van der Waals surface area contributed by atoms with E-state index in [9.17, 15) is 13.2 Å². The van der Waals surface area contributed by atoms with Gasteiger partial charge in [0.25, 0.3) is 0 Å². The molecule has 0 amide bonds. The van der Waals surface area contributed by atoms with Gasteiger partial charge in [-0.1, -0.05) is 0 Å². The Kier molecular flexibility index (Phi) is 2.13. The minimum atomic E-state index is -4.64. The van der Waals surface area contributed by atoms with Crippen LogP contribution in [0.5, 0.6) is 0 Å². The molecule has 1 atom stereocenters. The van der Waals surface area contributed by atoms with E-state index < -0.39 is 12.6 Å². The van der Waals surface area contributed by atoms with Crippen molar-refractivity contribution in [2.24, 2.45) is 4.99 Å². The molecule has 1 aliphatic heterocycles.